The van der Waals surface area contributed by atoms with Crippen molar-refractivity contribution in [1.82, 2.24) is 16.0 Å². The number of hydrogen-bond donors (Lipinski definition) is 7. The Morgan fingerprint density at radius 1 is 0.900 bits per heavy atom. The van der Waals surface area contributed by atoms with Gasteiger partial charge in [0.2, 0.25) is 17.7 Å². The van der Waals surface area contributed by atoms with Crippen LogP contribution in [0.1, 0.15) is 47.5 Å². The Labute approximate surface area is 176 Å². The van der Waals surface area contributed by atoms with Crippen LogP contribution < -0.4 is 21.7 Å². The van der Waals surface area contributed by atoms with Gasteiger partial charge in [-0.05, 0) is 25.2 Å². The maximum atomic E-state index is 12.7. The quantitative estimate of drug-likeness (QED) is 0.179. The van der Waals surface area contributed by atoms with Crippen molar-refractivity contribution in [3.63, 3.8) is 0 Å². The highest BCUT2D eigenvalue weighted by atomic mass is 16.4. The molecule has 11 heteroatoms. The summed E-state index contributed by atoms with van der Waals surface area (Å²) < 4.78 is 0. The Bertz CT molecular complexity index is 597. The zero-order chi connectivity index (χ0) is 23.6. The second-order valence-electron chi connectivity index (χ2n) is 7.92. The third-order valence-corrected chi connectivity index (χ3v) is 4.71. The number of carboxylic acid groups (broad SMARTS) is 1. The van der Waals surface area contributed by atoms with Crippen molar-refractivity contribution in [2.75, 3.05) is 6.61 Å². The van der Waals surface area contributed by atoms with E-state index < -0.39 is 60.6 Å². The third kappa shape index (κ3) is 9.06. The van der Waals surface area contributed by atoms with Crippen LogP contribution in [0.15, 0.2) is 0 Å². The van der Waals surface area contributed by atoms with Crippen LogP contribution in [0.4, 0.5) is 0 Å². The van der Waals surface area contributed by atoms with E-state index in [2.05, 4.69) is 16.0 Å². The molecule has 0 saturated carbocycles. The van der Waals surface area contributed by atoms with Crippen LogP contribution in [-0.2, 0) is 19.2 Å². The maximum Gasteiger partial charge on any atom is 0.326 e. The molecule has 11 nitrogen and oxygen atoms in total. The number of nitrogens with two attached hydrogens (primary N) is 1. The zero-order valence-corrected chi connectivity index (χ0v) is 18.2. The van der Waals surface area contributed by atoms with Crippen molar-refractivity contribution in [3.8, 4) is 0 Å². The fourth-order valence-electron chi connectivity index (χ4n) is 2.65. The molecule has 174 valence electrons. The molecule has 0 spiro atoms. The van der Waals surface area contributed by atoms with E-state index in [1.807, 2.05) is 13.8 Å². The SMILES string of the molecule is CCC(C)C(NC(=O)C(NC(=O)C(CC(C)C)NC(=O)C(N)CO)C(C)O)C(=O)O. The summed E-state index contributed by atoms with van der Waals surface area (Å²) in [6.07, 6.45) is -0.610. The second kappa shape index (κ2) is 13.1. The number of carbonyl (C=O) groups excluding carboxylic acids is 3. The van der Waals surface area contributed by atoms with Gasteiger partial charge >= 0.3 is 5.97 Å². The molecule has 6 unspecified atom stereocenters. The van der Waals surface area contributed by atoms with E-state index in [4.69, 9.17) is 10.8 Å². The lowest BCUT2D eigenvalue weighted by molar-refractivity contribution is -0.144. The highest BCUT2D eigenvalue weighted by Gasteiger charge is 2.34. The van der Waals surface area contributed by atoms with Crippen LogP contribution in [0.3, 0.4) is 0 Å². The summed E-state index contributed by atoms with van der Waals surface area (Å²) in [6.45, 7) is 7.75. The molecule has 0 saturated heterocycles. The standard InChI is InChI=1S/C19H36N4O7/c1-6-10(4)14(19(29)30)22-18(28)15(11(5)25)23-17(27)13(7-9(2)3)21-16(26)12(20)8-24/h9-15,24-25H,6-8,20H2,1-5H3,(H,21,26)(H,22,28)(H,23,27)(H,29,30). The van der Waals surface area contributed by atoms with Crippen LogP contribution in [0.5, 0.6) is 0 Å². The Balaban J connectivity index is 5.43. The first-order valence-corrected chi connectivity index (χ1v) is 10.0. The summed E-state index contributed by atoms with van der Waals surface area (Å²) in [7, 11) is 0. The molecule has 0 radical (unpaired) electrons. The number of aliphatic hydroxyl groups excluding tert-OH is 2. The molecule has 0 aliphatic carbocycles. The number of nitrogens with one attached hydrogen (secondary N) is 3. The molecule has 0 aromatic carbocycles. The maximum absolute atomic E-state index is 12.7. The Morgan fingerprint density at radius 3 is 1.83 bits per heavy atom. The number of hydrogen-bond acceptors (Lipinski definition) is 7. The molecular formula is C19H36N4O7. The molecule has 3 amide bonds. The van der Waals surface area contributed by atoms with Crippen LogP contribution in [0, 0.1) is 11.8 Å². The lowest BCUT2D eigenvalue weighted by Crippen LogP contribution is -2.60. The molecule has 0 aliphatic heterocycles. The lowest BCUT2D eigenvalue weighted by Gasteiger charge is -2.28. The van der Waals surface area contributed by atoms with E-state index in [0.717, 1.165) is 0 Å². The molecule has 0 aromatic heterocycles. The van der Waals surface area contributed by atoms with Crippen molar-refractivity contribution < 1.29 is 34.5 Å². The largest absolute Gasteiger partial charge is 0.480 e. The highest BCUT2D eigenvalue weighted by Crippen LogP contribution is 2.10. The van der Waals surface area contributed by atoms with Gasteiger partial charge in [-0.15, -0.1) is 0 Å². The van der Waals surface area contributed by atoms with Crippen molar-refractivity contribution >= 4 is 23.7 Å². The molecule has 0 fully saturated rings. The molecule has 8 N–H and O–H groups in total. The summed E-state index contributed by atoms with van der Waals surface area (Å²) in [4.78, 5) is 48.7. The van der Waals surface area contributed by atoms with Gasteiger partial charge in [-0.3, -0.25) is 14.4 Å². The van der Waals surface area contributed by atoms with Crippen LogP contribution >= 0.6 is 0 Å². The van der Waals surface area contributed by atoms with E-state index in [1.54, 1.807) is 13.8 Å². The van der Waals surface area contributed by atoms with E-state index in [9.17, 15) is 29.4 Å². The smallest absolute Gasteiger partial charge is 0.326 e. The Hall–Kier alpha value is -2.24. The van der Waals surface area contributed by atoms with Gasteiger partial charge in [-0.25, -0.2) is 4.79 Å². The summed E-state index contributed by atoms with van der Waals surface area (Å²) >= 11 is 0. The molecule has 0 rings (SSSR count). The third-order valence-electron chi connectivity index (χ3n) is 4.71. The number of carbonyl (C=O) groups is 4. The lowest BCUT2D eigenvalue weighted by atomic mass is 9.98. The Kier molecular flexibility index (Phi) is 12.2. The number of amides is 3. The van der Waals surface area contributed by atoms with E-state index in [0.29, 0.717) is 6.42 Å². The molecule has 0 aliphatic rings. The van der Waals surface area contributed by atoms with Gasteiger partial charge in [-0.2, -0.15) is 0 Å². The van der Waals surface area contributed by atoms with Crippen LogP contribution in [-0.4, -0.2) is 75.9 Å². The van der Waals surface area contributed by atoms with Gasteiger partial charge in [0.15, 0.2) is 0 Å². The van der Waals surface area contributed by atoms with Gasteiger partial charge in [-0.1, -0.05) is 34.1 Å². The fourth-order valence-corrected chi connectivity index (χ4v) is 2.65. The molecular weight excluding hydrogens is 396 g/mol. The monoisotopic (exact) mass is 432 g/mol. The van der Waals surface area contributed by atoms with Gasteiger partial charge in [0.25, 0.3) is 0 Å². The van der Waals surface area contributed by atoms with Gasteiger partial charge in [0.1, 0.15) is 24.2 Å². The van der Waals surface area contributed by atoms with Crippen LogP contribution in [0.2, 0.25) is 0 Å². The number of aliphatic carboxylic acids is 1. The minimum Gasteiger partial charge on any atom is -0.480 e. The van der Waals surface area contributed by atoms with Crippen LogP contribution in [0.25, 0.3) is 0 Å². The predicted octanol–water partition coefficient (Wildman–Crippen LogP) is -1.68. The second-order valence-corrected chi connectivity index (χ2v) is 7.92. The van der Waals surface area contributed by atoms with Crippen molar-refractivity contribution in [2.24, 2.45) is 17.6 Å². The summed E-state index contributed by atoms with van der Waals surface area (Å²) in [5, 5.41) is 35.5. The molecule has 30 heavy (non-hydrogen) atoms. The van der Waals surface area contributed by atoms with Gasteiger partial charge in [0.05, 0.1) is 12.7 Å². The van der Waals surface area contributed by atoms with Crippen molar-refractivity contribution in [2.45, 2.75) is 77.7 Å². The van der Waals surface area contributed by atoms with E-state index >= 15 is 0 Å². The van der Waals surface area contributed by atoms with E-state index in [1.165, 1.54) is 6.92 Å². The van der Waals surface area contributed by atoms with Gasteiger partial charge < -0.3 is 37.0 Å². The predicted molar refractivity (Wildman–Crippen MR) is 109 cm³/mol. The number of rotatable bonds is 13. The summed E-state index contributed by atoms with van der Waals surface area (Å²) in [5.41, 5.74) is 5.46. The number of carboxylic acids is 1. The highest BCUT2D eigenvalue weighted by molar-refractivity contribution is 5.94. The molecule has 0 heterocycles. The van der Waals surface area contributed by atoms with Gasteiger partial charge in [0, 0.05) is 0 Å². The fraction of sp³-hybridized carbons (Fsp3) is 0.789. The van der Waals surface area contributed by atoms with Crippen molar-refractivity contribution in [3.05, 3.63) is 0 Å². The summed E-state index contributed by atoms with van der Waals surface area (Å²) in [5.74, 6) is -3.93. The first-order chi connectivity index (χ1) is 13.8. The first-order valence-electron chi connectivity index (χ1n) is 10.0. The molecule has 0 bridgehead atoms. The Morgan fingerprint density at radius 2 is 1.43 bits per heavy atom. The molecule has 0 aromatic rings. The average molecular weight is 433 g/mol. The van der Waals surface area contributed by atoms with E-state index in [-0.39, 0.29) is 18.3 Å². The number of aliphatic hydroxyl groups is 2. The minimum atomic E-state index is -1.43. The summed E-state index contributed by atoms with van der Waals surface area (Å²) in [6, 6.07) is -4.89. The first kappa shape index (κ1) is 27.8. The topological polar surface area (TPSA) is 191 Å². The normalized spacial score (nSPS) is 17.2. The molecule has 6 atom stereocenters. The zero-order valence-electron chi connectivity index (χ0n) is 18.2. The van der Waals surface area contributed by atoms with Crippen molar-refractivity contribution in [1.29, 1.82) is 0 Å². The minimum absolute atomic E-state index is 0.00739. The average Bonchev–Trinajstić information content (AvgIpc) is 2.66.